The Morgan fingerprint density at radius 2 is 2.17 bits per heavy atom. The molecule has 1 aromatic carbocycles. The van der Waals surface area contributed by atoms with Crippen molar-refractivity contribution in [2.24, 2.45) is 7.05 Å². The van der Waals surface area contributed by atoms with Crippen molar-refractivity contribution in [3.05, 3.63) is 47.3 Å². The van der Waals surface area contributed by atoms with Crippen LogP contribution in [0.1, 0.15) is 30.0 Å². The minimum atomic E-state index is -0.684. The van der Waals surface area contributed by atoms with Gasteiger partial charge in [0, 0.05) is 7.05 Å². The SMILES string of the molecule is CCOc1cccc(C(O)c2cc(C)nn2C)c1. The molecule has 1 N–H and O–H groups in total. The van der Waals surface area contributed by atoms with E-state index in [-0.39, 0.29) is 0 Å². The molecule has 0 aliphatic heterocycles. The van der Waals surface area contributed by atoms with Crippen LogP contribution in [-0.2, 0) is 7.05 Å². The van der Waals surface area contributed by atoms with Crippen LogP contribution < -0.4 is 4.74 Å². The summed E-state index contributed by atoms with van der Waals surface area (Å²) in [6.07, 6.45) is -0.684. The Morgan fingerprint density at radius 1 is 1.39 bits per heavy atom. The number of aromatic nitrogens is 2. The van der Waals surface area contributed by atoms with Crippen molar-refractivity contribution in [3.63, 3.8) is 0 Å². The van der Waals surface area contributed by atoms with Gasteiger partial charge < -0.3 is 9.84 Å². The minimum absolute atomic E-state index is 0.615. The molecule has 0 bridgehead atoms. The molecule has 4 heteroatoms. The van der Waals surface area contributed by atoms with E-state index in [9.17, 15) is 5.11 Å². The fourth-order valence-corrected chi connectivity index (χ4v) is 2.00. The normalized spacial score (nSPS) is 12.4. The first-order chi connectivity index (χ1) is 8.61. The Labute approximate surface area is 107 Å². The zero-order valence-electron chi connectivity index (χ0n) is 10.9. The van der Waals surface area contributed by atoms with Gasteiger partial charge in [-0.3, -0.25) is 4.68 Å². The van der Waals surface area contributed by atoms with Crippen LogP contribution in [0.4, 0.5) is 0 Å². The fraction of sp³-hybridized carbons (Fsp3) is 0.357. The van der Waals surface area contributed by atoms with Crippen molar-refractivity contribution in [2.75, 3.05) is 6.61 Å². The van der Waals surface area contributed by atoms with Gasteiger partial charge in [-0.2, -0.15) is 5.10 Å². The van der Waals surface area contributed by atoms with Crippen molar-refractivity contribution < 1.29 is 9.84 Å². The minimum Gasteiger partial charge on any atom is -0.494 e. The van der Waals surface area contributed by atoms with E-state index in [1.807, 2.05) is 51.2 Å². The lowest BCUT2D eigenvalue weighted by Gasteiger charge is -2.12. The second-order valence-corrected chi connectivity index (χ2v) is 4.24. The highest BCUT2D eigenvalue weighted by atomic mass is 16.5. The summed E-state index contributed by atoms with van der Waals surface area (Å²) in [5.41, 5.74) is 2.48. The standard InChI is InChI=1S/C14H18N2O2/c1-4-18-12-7-5-6-11(9-12)14(17)13-8-10(2)15-16(13)3/h5-9,14,17H,4H2,1-3H3. The third kappa shape index (κ3) is 2.54. The predicted octanol–water partition coefficient (Wildman–Crippen LogP) is 2.21. The molecule has 1 unspecified atom stereocenters. The fourth-order valence-electron chi connectivity index (χ4n) is 2.00. The Morgan fingerprint density at radius 3 is 2.78 bits per heavy atom. The van der Waals surface area contributed by atoms with Crippen LogP contribution in [0.25, 0.3) is 0 Å². The molecular formula is C14H18N2O2. The number of aliphatic hydroxyl groups is 1. The maximum absolute atomic E-state index is 10.4. The van der Waals surface area contributed by atoms with Crippen LogP contribution in [0, 0.1) is 6.92 Å². The van der Waals surface area contributed by atoms with Gasteiger partial charge in [-0.05, 0) is 37.6 Å². The summed E-state index contributed by atoms with van der Waals surface area (Å²) in [7, 11) is 1.83. The quantitative estimate of drug-likeness (QED) is 0.899. The van der Waals surface area contributed by atoms with E-state index >= 15 is 0 Å². The summed E-state index contributed by atoms with van der Waals surface area (Å²) in [4.78, 5) is 0. The Balaban J connectivity index is 2.30. The summed E-state index contributed by atoms with van der Waals surface area (Å²) in [6, 6.07) is 9.39. The van der Waals surface area contributed by atoms with Crippen LogP contribution in [-0.4, -0.2) is 21.5 Å². The lowest BCUT2D eigenvalue weighted by molar-refractivity contribution is 0.209. The zero-order valence-corrected chi connectivity index (χ0v) is 10.9. The Bertz CT molecular complexity index is 534. The highest BCUT2D eigenvalue weighted by Gasteiger charge is 2.15. The van der Waals surface area contributed by atoms with E-state index in [4.69, 9.17) is 4.74 Å². The van der Waals surface area contributed by atoms with Gasteiger partial charge in [0.05, 0.1) is 18.0 Å². The summed E-state index contributed by atoms with van der Waals surface area (Å²) in [6.45, 7) is 4.46. The molecule has 1 aromatic heterocycles. The van der Waals surface area contributed by atoms with Gasteiger partial charge in [-0.15, -0.1) is 0 Å². The maximum Gasteiger partial charge on any atom is 0.121 e. The first-order valence-electron chi connectivity index (χ1n) is 6.03. The number of hydrogen-bond donors (Lipinski definition) is 1. The molecule has 0 radical (unpaired) electrons. The summed E-state index contributed by atoms with van der Waals surface area (Å²) in [5.74, 6) is 0.771. The molecule has 2 aromatic rings. The first-order valence-corrected chi connectivity index (χ1v) is 6.03. The molecule has 96 valence electrons. The van der Waals surface area contributed by atoms with Crippen molar-refractivity contribution in [2.45, 2.75) is 20.0 Å². The highest BCUT2D eigenvalue weighted by Crippen LogP contribution is 2.25. The lowest BCUT2D eigenvalue weighted by Crippen LogP contribution is -2.06. The van der Waals surface area contributed by atoms with Gasteiger partial charge in [-0.25, -0.2) is 0 Å². The maximum atomic E-state index is 10.4. The van der Waals surface area contributed by atoms with Gasteiger partial charge in [0.2, 0.25) is 0 Å². The third-order valence-corrected chi connectivity index (χ3v) is 2.80. The summed E-state index contributed by atoms with van der Waals surface area (Å²) < 4.78 is 7.14. The Hall–Kier alpha value is -1.81. The number of aryl methyl sites for hydroxylation is 2. The number of rotatable bonds is 4. The molecule has 0 fully saturated rings. The lowest BCUT2D eigenvalue weighted by atomic mass is 10.1. The van der Waals surface area contributed by atoms with Crippen LogP contribution in [0.5, 0.6) is 5.75 Å². The largest absolute Gasteiger partial charge is 0.494 e. The molecule has 0 aliphatic rings. The van der Waals surface area contributed by atoms with Gasteiger partial charge in [0.1, 0.15) is 11.9 Å². The summed E-state index contributed by atoms with van der Waals surface area (Å²) >= 11 is 0. The molecular weight excluding hydrogens is 228 g/mol. The molecule has 0 saturated heterocycles. The molecule has 1 heterocycles. The van der Waals surface area contributed by atoms with Crippen LogP contribution in [0.3, 0.4) is 0 Å². The van der Waals surface area contributed by atoms with Gasteiger partial charge >= 0.3 is 0 Å². The number of aliphatic hydroxyl groups excluding tert-OH is 1. The van der Waals surface area contributed by atoms with E-state index in [0.29, 0.717) is 6.61 Å². The second-order valence-electron chi connectivity index (χ2n) is 4.24. The van der Waals surface area contributed by atoms with Crippen LogP contribution in [0.2, 0.25) is 0 Å². The van der Waals surface area contributed by atoms with E-state index in [1.54, 1.807) is 4.68 Å². The van der Waals surface area contributed by atoms with Crippen molar-refractivity contribution in [1.82, 2.24) is 9.78 Å². The molecule has 2 rings (SSSR count). The average molecular weight is 246 g/mol. The molecule has 1 atom stereocenters. The van der Waals surface area contributed by atoms with Crippen molar-refractivity contribution in [1.29, 1.82) is 0 Å². The molecule has 0 amide bonds. The van der Waals surface area contributed by atoms with E-state index in [2.05, 4.69) is 5.10 Å². The zero-order chi connectivity index (χ0) is 13.1. The van der Waals surface area contributed by atoms with Crippen LogP contribution >= 0.6 is 0 Å². The molecule has 0 saturated carbocycles. The topological polar surface area (TPSA) is 47.3 Å². The van der Waals surface area contributed by atoms with Gasteiger partial charge in [-0.1, -0.05) is 12.1 Å². The van der Waals surface area contributed by atoms with E-state index < -0.39 is 6.10 Å². The smallest absolute Gasteiger partial charge is 0.121 e. The number of nitrogens with zero attached hydrogens (tertiary/aromatic N) is 2. The number of ether oxygens (including phenoxy) is 1. The molecule has 0 aliphatic carbocycles. The van der Waals surface area contributed by atoms with E-state index in [1.165, 1.54) is 0 Å². The van der Waals surface area contributed by atoms with Crippen molar-refractivity contribution >= 4 is 0 Å². The second kappa shape index (κ2) is 5.23. The molecule has 18 heavy (non-hydrogen) atoms. The summed E-state index contributed by atoms with van der Waals surface area (Å²) in [5, 5.41) is 14.6. The third-order valence-electron chi connectivity index (χ3n) is 2.80. The van der Waals surface area contributed by atoms with Crippen LogP contribution in [0.15, 0.2) is 30.3 Å². The van der Waals surface area contributed by atoms with E-state index in [0.717, 1.165) is 22.7 Å². The number of hydrogen-bond acceptors (Lipinski definition) is 3. The van der Waals surface area contributed by atoms with Gasteiger partial charge in [0.25, 0.3) is 0 Å². The monoisotopic (exact) mass is 246 g/mol. The Kier molecular flexibility index (Phi) is 3.67. The molecule has 0 spiro atoms. The van der Waals surface area contributed by atoms with Crippen molar-refractivity contribution in [3.8, 4) is 5.75 Å². The first kappa shape index (κ1) is 12.6. The number of benzene rings is 1. The molecule has 4 nitrogen and oxygen atoms in total. The highest BCUT2D eigenvalue weighted by molar-refractivity contribution is 5.33. The predicted molar refractivity (Wildman–Crippen MR) is 69.6 cm³/mol. The van der Waals surface area contributed by atoms with Gasteiger partial charge in [0.15, 0.2) is 0 Å². The average Bonchev–Trinajstić information content (AvgIpc) is 2.68.